The first-order valence-corrected chi connectivity index (χ1v) is 24.9. The van der Waals surface area contributed by atoms with Gasteiger partial charge in [0.15, 0.2) is 0 Å². The van der Waals surface area contributed by atoms with Crippen LogP contribution < -0.4 is 5.32 Å². The first-order valence-electron chi connectivity index (χ1n) is 24.9. The number of hydrogen-bond acceptors (Lipinski definition) is 5. The highest BCUT2D eigenvalue weighted by Crippen LogP contribution is 2.15. The summed E-state index contributed by atoms with van der Waals surface area (Å²) in [6.07, 6.45) is 58.2. The summed E-state index contributed by atoms with van der Waals surface area (Å²) in [6, 6.07) is -0.655. The van der Waals surface area contributed by atoms with Gasteiger partial charge >= 0.3 is 5.97 Å². The van der Waals surface area contributed by atoms with Gasteiger partial charge in [-0.1, -0.05) is 197 Å². The first kappa shape index (κ1) is 55.8. The number of allylic oxidation sites excluding steroid dienone is 7. The van der Waals surface area contributed by atoms with Gasteiger partial charge in [-0.25, -0.2) is 0 Å². The zero-order chi connectivity index (χ0) is 42.3. The smallest absolute Gasteiger partial charge is 0.305 e. The molecule has 0 aromatic carbocycles. The van der Waals surface area contributed by atoms with Crippen molar-refractivity contribution in [3.05, 3.63) is 48.6 Å². The standard InChI is InChI=1S/C52H95NO5/c1-3-5-7-9-11-13-15-17-18-19-20-21-23-24-28-32-36-40-44-50(55)49(48-54)53-51(56)45-41-37-33-29-26-27-31-35-39-43-47-58-52(57)46-42-38-34-30-25-22-16-14-12-10-8-6-4-2/h8,10,14,16,27,31,40,44,49-50,54-55H,3-7,9,11-13,15,17-26,28-30,32-39,41-43,45-48H2,1-2H3,(H,53,56)/b10-8-,16-14-,31-27-,44-40+. The van der Waals surface area contributed by atoms with Crippen LogP contribution >= 0.6 is 0 Å². The number of unbranched alkanes of at least 4 members (excludes halogenated alkanes) is 28. The van der Waals surface area contributed by atoms with Crippen molar-refractivity contribution in [1.29, 1.82) is 0 Å². The van der Waals surface area contributed by atoms with E-state index in [4.69, 9.17) is 4.74 Å². The maximum atomic E-state index is 12.4. The number of carbonyl (C=O) groups excluding carboxylic acids is 2. The molecule has 338 valence electrons. The average Bonchev–Trinajstić information content (AvgIpc) is 3.22. The molecule has 0 bridgehead atoms. The molecule has 0 spiro atoms. The first-order chi connectivity index (χ1) is 28.5. The molecule has 2 atom stereocenters. The molecule has 6 heteroatoms. The number of aliphatic hydroxyl groups is 2. The van der Waals surface area contributed by atoms with Gasteiger partial charge in [0.1, 0.15) is 0 Å². The lowest BCUT2D eigenvalue weighted by atomic mass is 10.0. The summed E-state index contributed by atoms with van der Waals surface area (Å²) < 4.78 is 5.41. The van der Waals surface area contributed by atoms with Gasteiger partial charge in [-0.15, -0.1) is 0 Å². The van der Waals surface area contributed by atoms with E-state index in [0.717, 1.165) is 89.9 Å². The van der Waals surface area contributed by atoms with Crippen molar-refractivity contribution in [2.45, 2.75) is 257 Å². The van der Waals surface area contributed by atoms with Crippen molar-refractivity contribution < 1.29 is 24.5 Å². The zero-order valence-corrected chi connectivity index (χ0v) is 38.3. The summed E-state index contributed by atoms with van der Waals surface area (Å²) in [5, 5.41) is 23.0. The SMILES string of the molecule is CCC/C=C\C/C=C\CCCCCCCC(=O)OCCCC/C=C\CCCCCCC(=O)NC(CO)C(O)/C=C/CCCCCCCCCCCCCCCCCC. The van der Waals surface area contributed by atoms with Gasteiger partial charge in [0, 0.05) is 12.8 Å². The molecule has 0 radical (unpaired) electrons. The molecule has 2 unspecified atom stereocenters. The van der Waals surface area contributed by atoms with E-state index in [1.165, 1.54) is 128 Å². The van der Waals surface area contributed by atoms with Crippen molar-refractivity contribution in [2.24, 2.45) is 0 Å². The van der Waals surface area contributed by atoms with Crippen LogP contribution in [0.25, 0.3) is 0 Å². The molecule has 0 aliphatic heterocycles. The summed E-state index contributed by atoms with van der Waals surface area (Å²) in [5.41, 5.74) is 0. The zero-order valence-electron chi connectivity index (χ0n) is 38.3. The molecule has 0 heterocycles. The van der Waals surface area contributed by atoms with Crippen molar-refractivity contribution in [3.63, 3.8) is 0 Å². The molecule has 0 aliphatic carbocycles. The Morgan fingerprint density at radius 2 is 0.897 bits per heavy atom. The monoisotopic (exact) mass is 814 g/mol. The molecule has 3 N–H and O–H groups in total. The quantitative estimate of drug-likeness (QED) is 0.0323. The van der Waals surface area contributed by atoms with E-state index in [-0.39, 0.29) is 18.5 Å². The summed E-state index contributed by atoms with van der Waals surface area (Å²) in [6.45, 7) is 4.73. The lowest BCUT2D eigenvalue weighted by Crippen LogP contribution is -2.45. The third-order valence-electron chi connectivity index (χ3n) is 11.0. The van der Waals surface area contributed by atoms with Crippen LogP contribution in [0.5, 0.6) is 0 Å². The summed E-state index contributed by atoms with van der Waals surface area (Å²) >= 11 is 0. The average molecular weight is 814 g/mol. The molecule has 0 aromatic heterocycles. The number of nitrogens with one attached hydrogen (secondary N) is 1. The molecule has 6 nitrogen and oxygen atoms in total. The third kappa shape index (κ3) is 43.4. The fraction of sp³-hybridized carbons (Fsp3) is 0.808. The fourth-order valence-corrected chi connectivity index (χ4v) is 7.19. The highest BCUT2D eigenvalue weighted by molar-refractivity contribution is 5.76. The Labute approximate surface area is 359 Å². The maximum absolute atomic E-state index is 12.4. The van der Waals surface area contributed by atoms with Gasteiger partial charge in [-0.2, -0.15) is 0 Å². The minimum atomic E-state index is -0.868. The molecular weight excluding hydrogens is 719 g/mol. The Morgan fingerprint density at radius 3 is 1.40 bits per heavy atom. The van der Waals surface area contributed by atoms with E-state index >= 15 is 0 Å². The minimum Gasteiger partial charge on any atom is -0.466 e. The van der Waals surface area contributed by atoms with Crippen LogP contribution in [0.4, 0.5) is 0 Å². The van der Waals surface area contributed by atoms with Crippen LogP contribution in [0.15, 0.2) is 48.6 Å². The van der Waals surface area contributed by atoms with E-state index in [1.807, 2.05) is 6.08 Å². The molecular formula is C52H95NO5. The van der Waals surface area contributed by atoms with Crippen LogP contribution in [-0.4, -0.2) is 47.4 Å². The Kier molecular flexibility index (Phi) is 45.7. The van der Waals surface area contributed by atoms with Crippen molar-refractivity contribution in [3.8, 4) is 0 Å². The van der Waals surface area contributed by atoms with Gasteiger partial charge in [0.25, 0.3) is 0 Å². The van der Waals surface area contributed by atoms with Gasteiger partial charge in [0.2, 0.25) is 5.91 Å². The number of ether oxygens (including phenoxy) is 1. The predicted molar refractivity (Wildman–Crippen MR) is 250 cm³/mol. The van der Waals surface area contributed by atoms with E-state index in [9.17, 15) is 19.8 Å². The summed E-state index contributed by atoms with van der Waals surface area (Å²) in [7, 11) is 0. The fourth-order valence-electron chi connectivity index (χ4n) is 7.19. The maximum Gasteiger partial charge on any atom is 0.305 e. The van der Waals surface area contributed by atoms with Gasteiger partial charge < -0.3 is 20.3 Å². The van der Waals surface area contributed by atoms with Gasteiger partial charge in [-0.3, -0.25) is 9.59 Å². The number of hydrogen-bond donors (Lipinski definition) is 3. The number of carbonyl (C=O) groups is 2. The largest absolute Gasteiger partial charge is 0.466 e. The van der Waals surface area contributed by atoms with Crippen LogP contribution in [0.1, 0.15) is 245 Å². The Morgan fingerprint density at radius 1 is 0.483 bits per heavy atom. The highest BCUT2D eigenvalue weighted by atomic mass is 16.5. The molecule has 0 aliphatic rings. The second kappa shape index (κ2) is 47.5. The number of aliphatic hydroxyl groups excluding tert-OH is 2. The van der Waals surface area contributed by atoms with Crippen molar-refractivity contribution in [2.75, 3.05) is 13.2 Å². The van der Waals surface area contributed by atoms with Crippen molar-refractivity contribution in [1.82, 2.24) is 5.32 Å². The normalized spacial score (nSPS) is 13.1. The molecule has 0 saturated heterocycles. The lowest BCUT2D eigenvalue weighted by Gasteiger charge is -2.20. The van der Waals surface area contributed by atoms with E-state index in [2.05, 4.69) is 55.6 Å². The van der Waals surface area contributed by atoms with Crippen LogP contribution in [-0.2, 0) is 14.3 Å². The second-order valence-electron chi connectivity index (χ2n) is 16.8. The molecule has 1 amide bonds. The molecule has 0 fully saturated rings. The summed E-state index contributed by atoms with van der Waals surface area (Å²) in [4.78, 5) is 24.4. The Balaban J connectivity index is 3.60. The predicted octanol–water partition coefficient (Wildman–Crippen LogP) is 14.7. The van der Waals surface area contributed by atoms with E-state index in [1.54, 1.807) is 6.08 Å². The minimum absolute atomic E-state index is 0.0546. The number of rotatable bonds is 45. The number of amides is 1. The van der Waals surface area contributed by atoms with E-state index in [0.29, 0.717) is 19.4 Å². The van der Waals surface area contributed by atoms with Crippen LogP contribution in [0.3, 0.4) is 0 Å². The number of esters is 1. The van der Waals surface area contributed by atoms with Crippen LogP contribution in [0.2, 0.25) is 0 Å². The summed E-state index contributed by atoms with van der Waals surface area (Å²) in [5.74, 6) is -0.160. The highest BCUT2D eigenvalue weighted by Gasteiger charge is 2.18. The lowest BCUT2D eigenvalue weighted by molar-refractivity contribution is -0.143. The van der Waals surface area contributed by atoms with Crippen LogP contribution in [0, 0.1) is 0 Å². The topological polar surface area (TPSA) is 95.9 Å². The molecule has 0 rings (SSSR count). The molecule has 0 aromatic rings. The second-order valence-corrected chi connectivity index (χ2v) is 16.8. The Hall–Kier alpha value is -2.18. The van der Waals surface area contributed by atoms with Crippen molar-refractivity contribution >= 4 is 11.9 Å². The van der Waals surface area contributed by atoms with Gasteiger partial charge in [-0.05, 0) is 83.5 Å². The van der Waals surface area contributed by atoms with E-state index < -0.39 is 12.1 Å². The van der Waals surface area contributed by atoms with Gasteiger partial charge in [0.05, 0.1) is 25.4 Å². The molecule has 0 saturated carbocycles. The third-order valence-corrected chi connectivity index (χ3v) is 11.0. The molecule has 58 heavy (non-hydrogen) atoms. The Bertz CT molecular complexity index is 988.